The van der Waals surface area contributed by atoms with E-state index in [0.29, 0.717) is 54.9 Å². The first kappa shape index (κ1) is 27.0. The summed E-state index contributed by atoms with van der Waals surface area (Å²) in [6.45, 7) is 9.16. The lowest BCUT2D eigenvalue weighted by Crippen LogP contribution is -2.33. The number of Topliss-reactive ketones (excluding diaryl/α,β-unsaturated/α-hetero) is 1. The molecule has 3 aromatic rings. The number of carbonyl (C=O) groups excluding carboxylic acids is 2. The second kappa shape index (κ2) is 12.0. The Hall–Kier alpha value is -4.00. The van der Waals surface area contributed by atoms with E-state index in [-0.39, 0.29) is 11.3 Å². The van der Waals surface area contributed by atoms with Gasteiger partial charge < -0.3 is 23.9 Å². The topological polar surface area (TPSA) is 89.2 Å². The zero-order chi connectivity index (χ0) is 27.2. The Morgan fingerprint density at radius 1 is 1.05 bits per heavy atom. The van der Waals surface area contributed by atoms with E-state index in [4.69, 9.17) is 13.9 Å². The monoisotopic (exact) mass is 517 g/mol. The number of ether oxygens (including phenoxy) is 2. The van der Waals surface area contributed by atoms with Crippen molar-refractivity contribution in [2.24, 2.45) is 5.92 Å². The standard InChI is InChI=1S/C31H35NO6/c1-5-36-26-19-23(12-14-24(26)37-18-16-20(2)3)28-27(29(33)25-13-11-21(4)38-25)30(34)31(35)32(28)17-15-22-9-7-6-8-10-22/h6-14,19-20,28,34H,5,15-18H2,1-4H3. The molecule has 1 unspecified atom stereocenters. The Morgan fingerprint density at radius 2 is 1.82 bits per heavy atom. The number of aliphatic hydroxyl groups is 1. The molecule has 1 aliphatic rings. The van der Waals surface area contributed by atoms with Crippen LogP contribution in [0.15, 0.2) is 76.4 Å². The van der Waals surface area contributed by atoms with Gasteiger partial charge in [0, 0.05) is 6.54 Å². The van der Waals surface area contributed by atoms with Crippen molar-refractivity contribution in [2.45, 2.75) is 46.6 Å². The number of aliphatic hydroxyl groups excluding tert-OH is 1. The zero-order valence-electron chi connectivity index (χ0n) is 22.4. The molecule has 1 aliphatic heterocycles. The molecule has 7 nitrogen and oxygen atoms in total. The van der Waals surface area contributed by atoms with E-state index in [9.17, 15) is 14.7 Å². The van der Waals surface area contributed by atoms with Gasteiger partial charge in [-0.2, -0.15) is 0 Å². The molecule has 7 heteroatoms. The highest BCUT2D eigenvalue weighted by molar-refractivity contribution is 6.15. The van der Waals surface area contributed by atoms with E-state index in [1.54, 1.807) is 31.2 Å². The van der Waals surface area contributed by atoms with Gasteiger partial charge in [0.1, 0.15) is 5.76 Å². The molecule has 1 amide bonds. The molecule has 1 atom stereocenters. The number of aryl methyl sites for hydroxylation is 1. The van der Waals surface area contributed by atoms with Crippen molar-refractivity contribution in [1.29, 1.82) is 0 Å². The van der Waals surface area contributed by atoms with Crippen LogP contribution in [0.4, 0.5) is 0 Å². The second-order valence-corrected chi connectivity index (χ2v) is 9.81. The predicted molar refractivity (Wildman–Crippen MR) is 145 cm³/mol. The molecule has 0 saturated carbocycles. The predicted octanol–water partition coefficient (Wildman–Crippen LogP) is 6.23. The molecule has 2 heterocycles. The maximum Gasteiger partial charge on any atom is 0.290 e. The molecule has 200 valence electrons. The molecule has 1 N–H and O–H groups in total. The number of furan rings is 1. The number of ketones is 1. The number of carbonyl (C=O) groups is 2. The van der Waals surface area contributed by atoms with Gasteiger partial charge in [-0.3, -0.25) is 9.59 Å². The SMILES string of the molecule is CCOc1cc(C2C(C(=O)c3ccc(C)o3)=C(O)C(=O)N2CCc2ccccc2)ccc1OCCC(C)C. The molecular weight excluding hydrogens is 482 g/mol. The Balaban J connectivity index is 1.72. The van der Waals surface area contributed by atoms with Crippen LogP contribution in [0.25, 0.3) is 0 Å². The molecule has 0 saturated heterocycles. The van der Waals surface area contributed by atoms with Crippen LogP contribution in [0.5, 0.6) is 11.5 Å². The summed E-state index contributed by atoms with van der Waals surface area (Å²) in [5, 5.41) is 11.0. The third-order valence-corrected chi connectivity index (χ3v) is 6.53. The average Bonchev–Trinajstić information content (AvgIpc) is 3.44. The lowest BCUT2D eigenvalue weighted by Gasteiger charge is -2.27. The lowest BCUT2D eigenvalue weighted by atomic mass is 9.94. The molecule has 0 spiro atoms. The van der Waals surface area contributed by atoms with E-state index < -0.39 is 23.5 Å². The van der Waals surface area contributed by atoms with Gasteiger partial charge in [-0.25, -0.2) is 0 Å². The molecular formula is C31H35NO6. The summed E-state index contributed by atoms with van der Waals surface area (Å²) in [6, 6.07) is 17.6. The second-order valence-electron chi connectivity index (χ2n) is 9.81. The Labute approximate surface area is 223 Å². The van der Waals surface area contributed by atoms with Gasteiger partial charge in [-0.15, -0.1) is 0 Å². The van der Waals surface area contributed by atoms with Gasteiger partial charge in [-0.1, -0.05) is 50.2 Å². The quantitative estimate of drug-likeness (QED) is 0.286. The van der Waals surface area contributed by atoms with Crippen LogP contribution < -0.4 is 9.47 Å². The van der Waals surface area contributed by atoms with Gasteiger partial charge in [0.05, 0.1) is 24.8 Å². The van der Waals surface area contributed by atoms with Crippen molar-refractivity contribution < 1.29 is 28.6 Å². The highest BCUT2D eigenvalue weighted by Crippen LogP contribution is 2.42. The first-order valence-electron chi connectivity index (χ1n) is 13.1. The Morgan fingerprint density at radius 3 is 2.47 bits per heavy atom. The van der Waals surface area contributed by atoms with E-state index >= 15 is 0 Å². The van der Waals surface area contributed by atoms with Crippen LogP contribution in [0, 0.1) is 12.8 Å². The van der Waals surface area contributed by atoms with Crippen LogP contribution in [0.1, 0.15) is 60.7 Å². The molecule has 0 aliphatic carbocycles. The van der Waals surface area contributed by atoms with Crippen molar-refractivity contribution in [2.75, 3.05) is 19.8 Å². The van der Waals surface area contributed by atoms with E-state index in [1.165, 1.54) is 4.90 Å². The minimum atomic E-state index is -0.812. The van der Waals surface area contributed by atoms with Crippen LogP contribution >= 0.6 is 0 Å². The van der Waals surface area contributed by atoms with Gasteiger partial charge in [0.25, 0.3) is 5.91 Å². The fraction of sp³-hybridized carbons (Fsp3) is 0.355. The normalized spacial score (nSPS) is 15.4. The zero-order valence-corrected chi connectivity index (χ0v) is 22.4. The van der Waals surface area contributed by atoms with E-state index in [0.717, 1.165) is 12.0 Å². The van der Waals surface area contributed by atoms with Crippen LogP contribution in [0.3, 0.4) is 0 Å². The highest BCUT2D eigenvalue weighted by Gasteiger charge is 2.44. The van der Waals surface area contributed by atoms with Gasteiger partial charge in [0.2, 0.25) is 5.78 Å². The van der Waals surface area contributed by atoms with E-state index in [2.05, 4.69) is 13.8 Å². The number of rotatable bonds is 12. The molecule has 0 radical (unpaired) electrons. The van der Waals surface area contributed by atoms with Gasteiger partial charge in [0.15, 0.2) is 23.0 Å². The fourth-order valence-corrected chi connectivity index (χ4v) is 4.53. The highest BCUT2D eigenvalue weighted by atomic mass is 16.5. The third kappa shape index (κ3) is 5.93. The van der Waals surface area contributed by atoms with Crippen molar-refractivity contribution >= 4 is 11.7 Å². The summed E-state index contributed by atoms with van der Waals surface area (Å²) in [6.07, 6.45) is 1.46. The summed E-state index contributed by atoms with van der Waals surface area (Å²) in [5.41, 5.74) is 1.68. The fourth-order valence-electron chi connectivity index (χ4n) is 4.53. The number of benzene rings is 2. The van der Waals surface area contributed by atoms with Crippen LogP contribution in [-0.4, -0.2) is 41.5 Å². The van der Waals surface area contributed by atoms with Crippen LogP contribution in [-0.2, 0) is 11.2 Å². The summed E-state index contributed by atoms with van der Waals surface area (Å²) >= 11 is 0. The largest absolute Gasteiger partial charge is 0.503 e. The van der Waals surface area contributed by atoms with Gasteiger partial charge in [-0.05, 0) is 68.0 Å². The van der Waals surface area contributed by atoms with Crippen molar-refractivity contribution in [3.8, 4) is 11.5 Å². The maximum absolute atomic E-state index is 13.6. The number of nitrogens with zero attached hydrogens (tertiary/aromatic N) is 1. The molecule has 0 bridgehead atoms. The first-order valence-corrected chi connectivity index (χ1v) is 13.1. The maximum atomic E-state index is 13.6. The molecule has 2 aromatic carbocycles. The van der Waals surface area contributed by atoms with Crippen molar-refractivity contribution in [3.63, 3.8) is 0 Å². The minimum Gasteiger partial charge on any atom is -0.503 e. The summed E-state index contributed by atoms with van der Waals surface area (Å²) < 4.78 is 17.4. The molecule has 4 rings (SSSR count). The summed E-state index contributed by atoms with van der Waals surface area (Å²) in [7, 11) is 0. The van der Waals surface area contributed by atoms with Crippen LogP contribution in [0.2, 0.25) is 0 Å². The summed E-state index contributed by atoms with van der Waals surface area (Å²) in [4.78, 5) is 28.4. The molecule has 38 heavy (non-hydrogen) atoms. The first-order chi connectivity index (χ1) is 18.3. The Kier molecular flexibility index (Phi) is 8.56. The lowest BCUT2D eigenvalue weighted by molar-refractivity contribution is -0.129. The van der Waals surface area contributed by atoms with E-state index in [1.807, 2.05) is 43.3 Å². The summed E-state index contributed by atoms with van der Waals surface area (Å²) in [5.74, 6) is 0.591. The number of hydrogen-bond donors (Lipinski definition) is 1. The van der Waals surface area contributed by atoms with Crippen molar-refractivity contribution in [1.82, 2.24) is 4.90 Å². The Bertz CT molecular complexity index is 1310. The number of amides is 1. The van der Waals surface area contributed by atoms with Gasteiger partial charge >= 0.3 is 0 Å². The molecule has 0 fully saturated rings. The average molecular weight is 518 g/mol. The minimum absolute atomic E-state index is 0.00617. The molecule has 1 aromatic heterocycles. The van der Waals surface area contributed by atoms with Crippen molar-refractivity contribution in [3.05, 3.63) is 94.6 Å². The smallest absolute Gasteiger partial charge is 0.290 e. The number of hydrogen-bond acceptors (Lipinski definition) is 6. The third-order valence-electron chi connectivity index (χ3n) is 6.53.